The predicted octanol–water partition coefficient (Wildman–Crippen LogP) is 1.81. The molecule has 3 rings (SSSR count). The first-order valence-corrected chi connectivity index (χ1v) is 9.60. The number of nitrogens with one attached hydrogen (secondary N) is 2. The fourth-order valence-corrected chi connectivity index (χ4v) is 3.39. The zero-order valence-electron chi connectivity index (χ0n) is 16.4. The standard InChI is InChI=1S/C20H30N6O/c1-14(2)12-18(21)20(27)23-19-17(13-25(3)24-19)15-4-6-16(7-5-15)26-10-8-22-9-11-26/h4-7,13-14,18,22H,8-12,21H2,1-3H3,(H,23,24,27)/t18-/m0/s1. The first kappa shape index (κ1) is 19.4. The maximum Gasteiger partial charge on any atom is 0.242 e. The molecule has 4 N–H and O–H groups in total. The van der Waals surface area contributed by atoms with Crippen LogP contribution in [0.25, 0.3) is 11.1 Å². The number of benzene rings is 1. The molecule has 1 saturated heterocycles. The molecular weight excluding hydrogens is 340 g/mol. The number of nitrogens with two attached hydrogens (primary N) is 1. The second-order valence-electron chi connectivity index (χ2n) is 7.57. The molecule has 1 aliphatic heterocycles. The van der Waals surface area contributed by atoms with Crippen molar-refractivity contribution >= 4 is 17.4 Å². The topological polar surface area (TPSA) is 88.2 Å². The van der Waals surface area contributed by atoms with Crippen molar-refractivity contribution < 1.29 is 4.79 Å². The minimum Gasteiger partial charge on any atom is -0.369 e. The second-order valence-corrected chi connectivity index (χ2v) is 7.57. The van der Waals surface area contributed by atoms with Gasteiger partial charge in [0.2, 0.25) is 5.91 Å². The van der Waals surface area contributed by atoms with Gasteiger partial charge in [-0.3, -0.25) is 9.48 Å². The van der Waals surface area contributed by atoms with Crippen molar-refractivity contribution in [2.24, 2.45) is 18.7 Å². The van der Waals surface area contributed by atoms with Crippen molar-refractivity contribution in [1.29, 1.82) is 0 Å². The van der Waals surface area contributed by atoms with Crippen molar-refractivity contribution in [2.45, 2.75) is 26.3 Å². The Morgan fingerprint density at radius 3 is 2.56 bits per heavy atom. The Hall–Kier alpha value is -2.38. The van der Waals surface area contributed by atoms with Crippen LogP contribution in [0.2, 0.25) is 0 Å². The number of rotatable bonds is 6. The van der Waals surface area contributed by atoms with Gasteiger partial charge in [-0.1, -0.05) is 26.0 Å². The summed E-state index contributed by atoms with van der Waals surface area (Å²) >= 11 is 0. The molecule has 1 aromatic heterocycles. The van der Waals surface area contributed by atoms with Crippen LogP contribution in [0.4, 0.5) is 11.5 Å². The Labute approximate surface area is 160 Å². The lowest BCUT2D eigenvalue weighted by Crippen LogP contribution is -2.43. The molecule has 27 heavy (non-hydrogen) atoms. The maximum atomic E-state index is 12.4. The minimum atomic E-state index is -0.532. The monoisotopic (exact) mass is 370 g/mol. The molecule has 0 spiro atoms. The lowest BCUT2D eigenvalue weighted by molar-refractivity contribution is -0.117. The zero-order chi connectivity index (χ0) is 19.4. The lowest BCUT2D eigenvalue weighted by Gasteiger charge is -2.29. The molecule has 7 heteroatoms. The van der Waals surface area contributed by atoms with E-state index < -0.39 is 6.04 Å². The summed E-state index contributed by atoms with van der Waals surface area (Å²) in [5.74, 6) is 0.726. The molecule has 1 aliphatic rings. The van der Waals surface area contributed by atoms with Crippen molar-refractivity contribution in [3.8, 4) is 11.1 Å². The Kier molecular flexibility index (Phi) is 6.13. The van der Waals surface area contributed by atoms with Crippen LogP contribution in [0.15, 0.2) is 30.5 Å². The quantitative estimate of drug-likeness (QED) is 0.722. The molecule has 1 aromatic carbocycles. The van der Waals surface area contributed by atoms with Gasteiger partial charge >= 0.3 is 0 Å². The third-order valence-corrected chi connectivity index (χ3v) is 4.79. The van der Waals surface area contributed by atoms with E-state index in [1.165, 1.54) is 5.69 Å². The number of aromatic nitrogens is 2. The summed E-state index contributed by atoms with van der Waals surface area (Å²) in [6.07, 6.45) is 2.57. The van der Waals surface area contributed by atoms with E-state index in [1.807, 2.05) is 13.2 Å². The molecule has 0 bridgehead atoms. The summed E-state index contributed by atoms with van der Waals surface area (Å²) in [6.45, 7) is 8.16. The van der Waals surface area contributed by atoms with E-state index in [2.05, 4.69) is 58.7 Å². The van der Waals surface area contributed by atoms with Crippen LogP contribution >= 0.6 is 0 Å². The van der Waals surface area contributed by atoms with E-state index in [0.717, 1.165) is 37.3 Å². The Balaban J connectivity index is 1.76. The van der Waals surface area contributed by atoms with Gasteiger partial charge in [0.05, 0.1) is 6.04 Å². The van der Waals surface area contributed by atoms with E-state index in [0.29, 0.717) is 18.2 Å². The van der Waals surface area contributed by atoms with Gasteiger partial charge in [0, 0.05) is 50.7 Å². The third kappa shape index (κ3) is 4.87. The fourth-order valence-electron chi connectivity index (χ4n) is 3.39. The number of hydrogen-bond acceptors (Lipinski definition) is 5. The predicted molar refractivity (Wildman–Crippen MR) is 110 cm³/mol. The number of aryl methyl sites for hydroxylation is 1. The summed E-state index contributed by atoms with van der Waals surface area (Å²) < 4.78 is 1.71. The highest BCUT2D eigenvalue weighted by Crippen LogP contribution is 2.29. The SMILES string of the molecule is CC(C)C[C@H](N)C(=O)Nc1nn(C)cc1-c1ccc(N2CCNCC2)cc1. The normalized spacial score (nSPS) is 15.8. The van der Waals surface area contributed by atoms with E-state index in [-0.39, 0.29) is 5.91 Å². The average Bonchev–Trinajstić information content (AvgIpc) is 3.02. The van der Waals surface area contributed by atoms with Crippen molar-refractivity contribution in [3.63, 3.8) is 0 Å². The molecule has 1 amide bonds. The van der Waals surface area contributed by atoms with E-state index in [9.17, 15) is 4.79 Å². The van der Waals surface area contributed by atoms with E-state index >= 15 is 0 Å². The van der Waals surface area contributed by atoms with Crippen LogP contribution in [0.3, 0.4) is 0 Å². The Morgan fingerprint density at radius 1 is 1.26 bits per heavy atom. The number of amides is 1. The third-order valence-electron chi connectivity index (χ3n) is 4.79. The van der Waals surface area contributed by atoms with Crippen LogP contribution in [-0.2, 0) is 11.8 Å². The van der Waals surface area contributed by atoms with Gasteiger partial charge in [0.15, 0.2) is 5.82 Å². The van der Waals surface area contributed by atoms with Crippen molar-refractivity contribution in [1.82, 2.24) is 15.1 Å². The van der Waals surface area contributed by atoms with Crippen LogP contribution in [0.5, 0.6) is 0 Å². The first-order chi connectivity index (χ1) is 12.9. The van der Waals surface area contributed by atoms with Crippen molar-refractivity contribution in [2.75, 3.05) is 36.4 Å². The van der Waals surface area contributed by atoms with E-state index in [1.54, 1.807) is 4.68 Å². The van der Waals surface area contributed by atoms with Crippen molar-refractivity contribution in [3.05, 3.63) is 30.5 Å². The summed E-state index contributed by atoms with van der Waals surface area (Å²) in [5.41, 5.74) is 9.14. The van der Waals surface area contributed by atoms with Crippen LogP contribution in [0, 0.1) is 5.92 Å². The van der Waals surface area contributed by atoms with Gasteiger partial charge in [0.25, 0.3) is 0 Å². The molecule has 1 fully saturated rings. The lowest BCUT2D eigenvalue weighted by atomic mass is 10.0. The summed E-state index contributed by atoms with van der Waals surface area (Å²) in [5, 5.41) is 10.7. The maximum absolute atomic E-state index is 12.4. The molecule has 7 nitrogen and oxygen atoms in total. The molecule has 2 aromatic rings. The number of nitrogens with zero attached hydrogens (tertiary/aromatic N) is 3. The smallest absolute Gasteiger partial charge is 0.242 e. The number of piperazine rings is 1. The van der Waals surface area contributed by atoms with Gasteiger partial charge < -0.3 is 21.3 Å². The van der Waals surface area contributed by atoms with Gasteiger partial charge in [-0.25, -0.2) is 0 Å². The van der Waals surface area contributed by atoms with Gasteiger partial charge in [-0.15, -0.1) is 0 Å². The van der Waals surface area contributed by atoms with E-state index in [4.69, 9.17) is 5.73 Å². The largest absolute Gasteiger partial charge is 0.369 e. The molecule has 0 unspecified atom stereocenters. The average molecular weight is 371 g/mol. The Morgan fingerprint density at radius 2 is 1.93 bits per heavy atom. The summed E-state index contributed by atoms with van der Waals surface area (Å²) in [6, 6.07) is 7.89. The number of hydrogen-bond donors (Lipinski definition) is 3. The van der Waals surface area contributed by atoms with Gasteiger partial charge in [0.1, 0.15) is 0 Å². The molecule has 146 valence electrons. The fraction of sp³-hybridized carbons (Fsp3) is 0.500. The molecule has 2 heterocycles. The summed E-state index contributed by atoms with van der Waals surface area (Å²) in [4.78, 5) is 14.8. The van der Waals surface area contributed by atoms with Gasteiger partial charge in [-0.2, -0.15) is 5.10 Å². The molecule has 0 radical (unpaired) electrons. The Bertz CT molecular complexity index is 761. The van der Waals surface area contributed by atoms with Gasteiger partial charge in [-0.05, 0) is 30.0 Å². The minimum absolute atomic E-state index is 0.193. The first-order valence-electron chi connectivity index (χ1n) is 9.60. The molecular formula is C20H30N6O. The van der Waals surface area contributed by atoms with Crippen LogP contribution in [-0.4, -0.2) is 47.9 Å². The number of anilines is 2. The number of carbonyl (C=O) groups is 1. The molecule has 0 saturated carbocycles. The van der Waals surface area contributed by atoms with Crippen LogP contribution < -0.4 is 21.3 Å². The highest BCUT2D eigenvalue weighted by atomic mass is 16.2. The molecule has 0 aliphatic carbocycles. The van der Waals surface area contributed by atoms with Crippen LogP contribution in [0.1, 0.15) is 20.3 Å². The highest BCUT2D eigenvalue weighted by Gasteiger charge is 2.19. The molecule has 1 atom stereocenters. The highest BCUT2D eigenvalue weighted by molar-refractivity contribution is 5.97. The second kappa shape index (κ2) is 8.54. The zero-order valence-corrected chi connectivity index (χ0v) is 16.4. The summed E-state index contributed by atoms with van der Waals surface area (Å²) in [7, 11) is 1.85. The number of carbonyl (C=O) groups excluding carboxylic acids is 1.